The van der Waals surface area contributed by atoms with E-state index in [-0.39, 0.29) is 0 Å². The molecule has 2 aliphatic carbocycles. The summed E-state index contributed by atoms with van der Waals surface area (Å²) in [5.41, 5.74) is 0. The highest BCUT2D eigenvalue weighted by atomic mass is 16.4. The van der Waals surface area contributed by atoms with Gasteiger partial charge < -0.3 is 5.11 Å². The van der Waals surface area contributed by atoms with Crippen molar-refractivity contribution in [1.29, 1.82) is 0 Å². The molecular formula is C16H28O2. The Morgan fingerprint density at radius 1 is 1.06 bits per heavy atom. The van der Waals surface area contributed by atoms with Gasteiger partial charge in [0, 0.05) is 6.42 Å². The van der Waals surface area contributed by atoms with E-state index < -0.39 is 5.97 Å². The van der Waals surface area contributed by atoms with Crippen molar-refractivity contribution >= 4 is 5.97 Å². The molecule has 2 aliphatic rings. The Morgan fingerprint density at radius 2 is 1.78 bits per heavy atom. The van der Waals surface area contributed by atoms with E-state index in [4.69, 9.17) is 5.11 Å². The molecule has 2 fully saturated rings. The van der Waals surface area contributed by atoms with Gasteiger partial charge in [0.05, 0.1) is 0 Å². The lowest BCUT2D eigenvalue weighted by Gasteiger charge is -2.41. The van der Waals surface area contributed by atoms with E-state index in [1.807, 2.05) is 0 Å². The summed E-state index contributed by atoms with van der Waals surface area (Å²) in [6.07, 6.45) is 12.3. The maximum Gasteiger partial charge on any atom is 0.303 e. The monoisotopic (exact) mass is 252 g/mol. The summed E-state index contributed by atoms with van der Waals surface area (Å²) in [5.74, 6) is 3.23. The molecule has 2 heteroatoms. The molecule has 0 aliphatic heterocycles. The molecule has 0 spiro atoms. The zero-order valence-corrected chi connectivity index (χ0v) is 11.7. The maximum absolute atomic E-state index is 10.5. The van der Waals surface area contributed by atoms with E-state index in [2.05, 4.69) is 6.92 Å². The summed E-state index contributed by atoms with van der Waals surface area (Å²) >= 11 is 0. The lowest BCUT2D eigenvalue weighted by molar-refractivity contribution is -0.137. The summed E-state index contributed by atoms with van der Waals surface area (Å²) in [7, 11) is 0. The molecule has 0 aromatic heterocycles. The van der Waals surface area contributed by atoms with Crippen LogP contribution in [0.5, 0.6) is 0 Å². The van der Waals surface area contributed by atoms with Crippen LogP contribution in [-0.4, -0.2) is 11.1 Å². The first kappa shape index (κ1) is 13.9. The van der Waals surface area contributed by atoms with E-state index >= 15 is 0 Å². The third-order valence-electron chi connectivity index (χ3n) is 5.24. The Balaban J connectivity index is 1.66. The average molecular weight is 252 g/mol. The summed E-state index contributed by atoms with van der Waals surface area (Å²) < 4.78 is 0. The lowest BCUT2D eigenvalue weighted by atomic mass is 9.64. The van der Waals surface area contributed by atoms with Crippen molar-refractivity contribution in [2.45, 2.75) is 71.1 Å². The van der Waals surface area contributed by atoms with E-state index in [0.29, 0.717) is 6.42 Å². The summed E-state index contributed by atoms with van der Waals surface area (Å²) in [4.78, 5) is 10.5. The Labute approximate surface area is 111 Å². The predicted octanol–water partition coefficient (Wildman–Crippen LogP) is 4.48. The fourth-order valence-corrected chi connectivity index (χ4v) is 4.19. The third kappa shape index (κ3) is 4.00. The van der Waals surface area contributed by atoms with Gasteiger partial charge in [-0.2, -0.15) is 0 Å². The van der Waals surface area contributed by atoms with Gasteiger partial charge in [0.2, 0.25) is 0 Å². The molecule has 0 bridgehead atoms. The number of carboxylic acids is 1. The molecule has 18 heavy (non-hydrogen) atoms. The van der Waals surface area contributed by atoms with Crippen molar-refractivity contribution in [2.75, 3.05) is 0 Å². The van der Waals surface area contributed by atoms with E-state index in [1.54, 1.807) is 0 Å². The van der Waals surface area contributed by atoms with Crippen LogP contribution in [0.2, 0.25) is 0 Å². The van der Waals surface area contributed by atoms with Gasteiger partial charge in [0.25, 0.3) is 0 Å². The van der Waals surface area contributed by atoms with Crippen LogP contribution in [0.25, 0.3) is 0 Å². The maximum atomic E-state index is 10.5. The minimum absolute atomic E-state index is 0.357. The van der Waals surface area contributed by atoms with E-state index in [0.717, 1.165) is 36.5 Å². The largest absolute Gasteiger partial charge is 0.481 e. The van der Waals surface area contributed by atoms with Crippen molar-refractivity contribution in [2.24, 2.45) is 23.7 Å². The summed E-state index contributed by atoms with van der Waals surface area (Å²) in [5, 5.41) is 8.63. The molecule has 1 N–H and O–H groups in total. The Hall–Kier alpha value is -0.530. The standard InChI is InChI=1S/C16H28O2/c1-12-6-8-15-11-13(7-9-14(15)10-12)4-2-3-5-16(17)18/h12-15H,2-11H2,1H3,(H,17,18). The SMILES string of the molecule is CC1CCC2CC(CCCCC(=O)O)CCC2C1. The quantitative estimate of drug-likeness (QED) is 0.732. The van der Waals surface area contributed by atoms with Crippen LogP contribution >= 0.6 is 0 Å². The highest BCUT2D eigenvalue weighted by Crippen LogP contribution is 2.45. The van der Waals surface area contributed by atoms with Gasteiger partial charge in [-0.1, -0.05) is 32.6 Å². The number of fused-ring (bicyclic) bond motifs is 1. The molecule has 0 amide bonds. The van der Waals surface area contributed by atoms with E-state index in [9.17, 15) is 4.79 Å². The molecule has 2 rings (SSSR count). The fraction of sp³-hybridized carbons (Fsp3) is 0.938. The molecule has 2 nitrogen and oxygen atoms in total. The first-order valence-electron chi connectivity index (χ1n) is 7.87. The smallest absolute Gasteiger partial charge is 0.303 e. The molecule has 4 atom stereocenters. The molecule has 104 valence electrons. The number of unbranched alkanes of at least 4 members (excludes halogenated alkanes) is 1. The summed E-state index contributed by atoms with van der Waals surface area (Å²) in [6, 6.07) is 0. The lowest BCUT2D eigenvalue weighted by Crippen LogP contribution is -2.30. The van der Waals surface area contributed by atoms with Crippen LogP contribution in [-0.2, 0) is 4.79 Å². The van der Waals surface area contributed by atoms with Gasteiger partial charge in [0.15, 0.2) is 0 Å². The van der Waals surface area contributed by atoms with Crippen LogP contribution in [0.15, 0.2) is 0 Å². The second kappa shape index (κ2) is 6.58. The van der Waals surface area contributed by atoms with Crippen molar-refractivity contribution in [3.05, 3.63) is 0 Å². The molecular weight excluding hydrogens is 224 g/mol. The Kier molecular flexibility index (Phi) is 5.08. The van der Waals surface area contributed by atoms with Gasteiger partial charge in [-0.15, -0.1) is 0 Å². The fourth-order valence-electron chi connectivity index (χ4n) is 4.19. The number of rotatable bonds is 5. The van der Waals surface area contributed by atoms with Crippen molar-refractivity contribution < 1.29 is 9.90 Å². The number of aliphatic carboxylic acids is 1. The minimum atomic E-state index is -0.639. The molecule has 0 aromatic carbocycles. The molecule has 0 radical (unpaired) electrons. The average Bonchev–Trinajstić information content (AvgIpc) is 2.34. The Bertz CT molecular complexity index is 274. The molecule has 0 heterocycles. The van der Waals surface area contributed by atoms with Gasteiger partial charge >= 0.3 is 5.97 Å². The Morgan fingerprint density at radius 3 is 2.56 bits per heavy atom. The molecule has 0 saturated heterocycles. The van der Waals surface area contributed by atoms with Crippen molar-refractivity contribution in [1.82, 2.24) is 0 Å². The number of carbonyl (C=O) groups is 1. The number of hydrogen-bond donors (Lipinski definition) is 1. The van der Waals surface area contributed by atoms with Crippen LogP contribution in [0, 0.1) is 23.7 Å². The predicted molar refractivity (Wildman–Crippen MR) is 73.4 cm³/mol. The van der Waals surface area contributed by atoms with Gasteiger partial charge in [-0.25, -0.2) is 0 Å². The number of hydrogen-bond acceptors (Lipinski definition) is 1. The minimum Gasteiger partial charge on any atom is -0.481 e. The zero-order chi connectivity index (χ0) is 13.0. The first-order chi connectivity index (χ1) is 8.65. The molecule has 4 unspecified atom stereocenters. The van der Waals surface area contributed by atoms with Crippen LogP contribution in [0.3, 0.4) is 0 Å². The number of carboxylic acid groups (broad SMARTS) is 1. The van der Waals surface area contributed by atoms with E-state index in [1.165, 1.54) is 44.9 Å². The second-order valence-electron chi connectivity index (χ2n) is 6.76. The summed E-state index contributed by atoms with van der Waals surface area (Å²) in [6.45, 7) is 2.41. The van der Waals surface area contributed by atoms with Crippen molar-refractivity contribution in [3.8, 4) is 0 Å². The van der Waals surface area contributed by atoms with Crippen LogP contribution in [0.1, 0.15) is 71.1 Å². The third-order valence-corrected chi connectivity index (χ3v) is 5.24. The highest BCUT2D eigenvalue weighted by molar-refractivity contribution is 5.66. The van der Waals surface area contributed by atoms with Crippen molar-refractivity contribution in [3.63, 3.8) is 0 Å². The highest BCUT2D eigenvalue weighted by Gasteiger charge is 2.33. The second-order valence-corrected chi connectivity index (χ2v) is 6.76. The first-order valence-corrected chi connectivity index (χ1v) is 7.87. The van der Waals surface area contributed by atoms with Gasteiger partial charge in [0.1, 0.15) is 0 Å². The van der Waals surface area contributed by atoms with Gasteiger partial charge in [-0.05, 0) is 55.8 Å². The molecule has 0 aromatic rings. The zero-order valence-electron chi connectivity index (χ0n) is 11.7. The van der Waals surface area contributed by atoms with Crippen LogP contribution in [0.4, 0.5) is 0 Å². The van der Waals surface area contributed by atoms with Gasteiger partial charge in [-0.3, -0.25) is 4.79 Å². The molecule has 2 saturated carbocycles. The normalized spacial score (nSPS) is 36.1. The topological polar surface area (TPSA) is 37.3 Å². The van der Waals surface area contributed by atoms with Crippen LogP contribution < -0.4 is 0 Å².